The van der Waals surface area contributed by atoms with Crippen molar-refractivity contribution < 1.29 is 12.4 Å². The van der Waals surface area contributed by atoms with E-state index in [1.807, 2.05) is 6.08 Å². The molecular weight excluding hydrogens is 475 g/mol. The van der Waals surface area contributed by atoms with Crippen LogP contribution in [-0.2, 0) is 6.42 Å². The van der Waals surface area contributed by atoms with Gasteiger partial charge in [-0.05, 0) is 49.7 Å². The summed E-state index contributed by atoms with van der Waals surface area (Å²) in [5, 5.41) is 0. The minimum Gasteiger partial charge on any atom is -1.00 e. The zero-order valence-corrected chi connectivity index (χ0v) is 26.3. The minimum atomic E-state index is -0.867. The Bertz CT molecular complexity index is 553. The smallest absolute Gasteiger partial charge is 0.0634 e. The van der Waals surface area contributed by atoms with E-state index in [0.29, 0.717) is 0 Å². The second-order valence-corrected chi connectivity index (χ2v) is 15.7. The minimum absolute atomic E-state index is 0. The summed E-state index contributed by atoms with van der Waals surface area (Å²) in [6.45, 7) is 10.9. The van der Waals surface area contributed by atoms with Crippen molar-refractivity contribution in [1.82, 2.24) is 0 Å². The van der Waals surface area contributed by atoms with Gasteiger partial charge in [0.15, 0.2) is 0 Å². The summed E-state index contributed by atoms with van der Waals surface area (Å²) in [5.74, 6) is 0. The molecule has 0 aromatic heterocycles. The zero-order valence-electron chi connectivity index (χ0n) is 24.7. The Balaban J connectivity index is 0.0000122. The average molecular weight is 537 g/mol. The van der Waals surface area contributed by atoms with E-state index in [4.69, 9.17) is 0 Å². The van der Waals surface area contributed by atoms with Crippen LogP contribution in [0.5, 0.6) is 0 Å². The first-order chi connectivity index (χ1) is 17.2. The highest BCUT2D eigenvalue weighted by molar-refractivity contribution is 7.75. The topological polar surface area (TPSA) is 0 Å². The van der Waals surface area contributed by atoms with E-state index < -0.39 is 7.26 Å². The second kappa shape index (κ2) is 25.0. The molecule has 0 saturated carbocycles. The molecule has 1 rings (SSSR count). The van der Waals surface area contributed by atoms with Crippen LogP contribution in [-0.4, -0.2) is 24.6 Å². The predicted octanol–water partition coefficient (Wildman–Crippen LogP) is 8.98. The first kappa shape index (κ1) is 35.7. The Morgan fingerprint density at radius 3 is 1.25 bits per heavy atom. The van der Waals surface area contributed by atoms with Gasteiger partial charge in [-0.3, -0.25) is 0 Å². The number of aryl methyl sites for hydroxylation is 1. The molecule has 0 aliphatic heterocycles. The third-order valence-corrected chi connectivity index (χ3v) is 13.0. The van der Waals surface area contributed by atoms with E-state index >= 15 is 0 Å². The summed E-state index contributed by atoms with van der Waals surface area (Å²) in [6, 6.07) is 9.26. The molecule has 0 fully saturated rings. The lowest BCUT2D eigenvalue weighted by Crippen LogP contribution is -3.00. The van der Waals surface area contributed by atoms with Gasteiger partial charge in [-0.1, -0.05) is 135 Å². The number of halogens is 1. The predicted molar refractivity (Wildman–Crippen MR) is 167 cm³/mol. The monoisotopic (exact) mass is 536 g/mol. The summed E-state index contributed by atoms with van der Waals surface area (Å²) >= 11 is 0. The van der Waals surface area contributed by atoms with Crippen molar-refractivity contribution in [3.8, 4) is 0 Å². The van der Waals surface area contributed by atoms with Gasteiger partial charge in [-0.2, -0.15) is 0 Å². The molecule has 0 aliphatic carbocycles. The molecule has 0 unspecified atom stereocenters. The van der Waals surface area contributed by atoms with Crippen molar-refractivity contribution in [1.29, 1.82) is 0 Å². The number of unbranched alkanes of at least 4 members (excludes halogenated alkanes) is 15. The van der Waals surface area contributed by atoms with Gasteiger partial charge in [-0.15, -0.1) is 0 Å². The fraction of sp³-hybridized carbons (Fsp3) is 0.765. The van der Waals surface area contributed by atoms with Crippen molar-refractivity contribution >= 4 is 13.3 Å². The Labute approximate surface area is 234 Å². The molecule has 0 heterocycles. The lowest BCUT2D eigenvalue weighted by molar-refractivity contribution is -0.00000769. The molecule has 210 valence electrons. The van der Waals surface area contributed by atoms with E-state index in [0.717, 1.165) is 0 Å². The van der Waals surface area contributed by atoms with Crippen LogP contribution in [0.15, 0.2) is 30.8 Å². The van der Waals surface area contributed by atoms with Crippen LogP contribution in [0.2, 0.25) is 0 Å². The quantitative estimate of drug-likeness (QED) is 0.0863. The molecule has 0 nitrogen and oxygen atoms in total. The van der Waals surface area contributed by atoms with Gasteiger partial charge < -0.3 is 12.4 Å². The van der Waals surface area contributed by atoms with Crippen LogP contribution in [0.4, 0.5) is 0 Å². The number of hydrogen-bond donors (Lipinski definition) is 0. The first-order valence-electron chi connectivity index (χ1n) is 15.8. The molecule has 1 aromatic carbocycles. The lowest BCUT2D eigenvalue weighted by Gasteiger charge is -2.29. The first-order valence-corrected chi connectivity index (χ1v) is 18.3. The van der Waals surface area contributed by atoms with Gasteiger partial charge in [0.25, 0.3) is 0 Å². The van der Waals surface area contributed by atoms with Gasteiger partial charge in [0.2, 0.25) is 0 Å². The van der Waals surface area contributed by atoms with Crippen LogP contribution < -0.4 is 12.4 Å². The Hall–Kier alpha value is -0.320. The van der Waals surface area contributed by atoms with Crippen LogP contribution in [0, 0.1) is 0 Å². The van der Waals surface area contributed by atoms with E-state index in [1.54, 1.807) is 24.0 Å². The van der Waals surface area contributed by atoms with Crippen molar-refractivity contribution in [2.75, 3.05) is 24.6 Å². The number of benzene rings is 1. The molecule has 0 atom stereocenters. The molecule has 0 spiro atoms. The largest absolute Gasteiger partial charge is 1.00 e. The van der Waals surface area contributed by atoms with Crippen molar-refractivity contribution in [3.63, 3.8) is 0 Å². The maximum Gasteiger partial charge on any atom is 0.0634 e. The van der Waals surface area contributed by atoms with Crippen molar-refractivity contribution in [3.05, 3.63) is 42.0 Å². The molecule has 36 heavy (non-hydrogen) atoms. The molecular formula is C34H62ClP. The van der Waals surface area contributed by atoms with E-state index in [9.17, 15) is 0 Å². The molecule has 0 bridgehead atoms. The standard InChI is InChI=1S/C34H62P.ClH/c1-5-9-12-15-18-21-29-35(30-22-19-16-13-10-6-2,31-23-20-17-14-11-7-3)32-28-34-26-24-33(8-4)25-27-34;/h8,24-27H,4-7,9-23,28-32H2,1-3H3;1H/q+1;/p-1. The molecule has 0 amide bonds. The van der Waals surface area contributed by atoms with Crippen molar-refractivity contribution in [2.45, 2.75) is 143 Å². The maximum absolute atomic E-state index is 3.93. The molecule has 0 radical (unpaired) electrons. The Morgan fingerprint density at radius 1 is 0.528 bits per heavy atom. The van der Waals surface area contributed by atoms with Crippen LogP contribution in [0.25, 0.3) is 6.08 Å². The highest BCUT2D eigenvalue weighted by Gasteiger charge is 2.35. The van der Waals surface area contributed by atoms with Crippen LogP contribution in [0.3, 0.4) is 0 Å². The van der Waals surface area contributed by atoms with Gasteiger partial charge in [-0.25, -0.2) is 0 Å². The second-order valence-electron chi connectivity index (χ2n) is 11.2. The molecule has 0 aliphatic rings. The van der Waals surface area contributed by atoms with Gasteiger partial charge >= 0.3 is 0 Å². The zero-order chi connectivity index (χ0) is 25.5. The number of hydrogen-bond acceptors (Lipinski definition) is 0. The van der Waals surface area contributed by atoms with E-state index in [1.165, 1.54) is 134 Å². The maximum atomic E-state index is 3.93. The van der Waals surface area contributed by atoms with E-state index in [2.05, 4.69) is 51.6 Å². The van der Waals surface area contributed by atoms with Gasteiger partial charge in [0, 0.05) is 13.7 Å². The van der Waals surface area contributed by atoms with Crippen LogP contribution in [0.1, 0.15) is 147 Å². The molecule has 2 heteroatoms. The SMILES string of the molecule is C=Cc1ccc(CC[P+](CCCCCCCC)(CCCCCCCC)CCCCCCCC)cc1.[Cl-]. The summed E-state index contributed by atoms with van der Waals surface area (Å²) in [7, 11) is -0.867. The highest BCUT2D eigenvalue weighted by Crippen LogP contribution is 2.61. The summed E-state index contributed by atoms with van der Waals surface area (Å²) in [5.41, 5.74) is 2.80. The lowest BCUT2D eigenvalue weighted by atomic mass is 10.1. The van der Waals surface area contributed by atoms with Crippen molar-refractivity contribution in [2.24, 2.45) is 0 Å². The summed E-state index contributed by atoms with van der Waals surface area (Å²) in [4.78, 5) is 0. The summed E-state index contributed by atoms with van der Waals surface area (Å²) < 4.78 is 0. The van der Waals surface area contributed by atoms with Crippen LogP contribution >= 0.6 is 7.26 Å². The molecule has 0 N–H and O–H groups in total. The third-order valence-electron chi connectivity index (χ3n) is 8.05. The van der Waals surface area contributed by atoms with Gasteiger partial charge in [0.05, 0.1) is 24.6 Å². The normalized spacial score (nSPS) is 11.4. The molecule has 0 saturated heterocycles. The summed E-state index contributed by atoms with van der Waals surface area (Å²) in [6.07, 6.45) is 35.5. The highest BCUT2D eigenvalue weighted by atomic mass is 35.5. The fourth-order valence-electron chi connectivity index (χ4n) is 5.54. The fourth-order valence-corrected chi connectivity index (χ4v) is 10.3. The Morgan fingerprint density at radius 2 is 0.889 bits per heavy atom. The third kappa shape index (κ3) is 18.0. The van der Waals surface area contributed by atoms with Gasteiger partial charge in [0.1, 0.15) is 0 Å². The van der Waals surface area contributed by atoms with E-state index in [-0.39, 0.29) is 12.4 Å². The number of rotatable bonds is 25. The Kier molecular flexibility index (Phi) is 24.8. The molecule has 1 aromatic rings. The average Bonchev–Trinajstić information content (AvgIpc) is 2.89.